The van der Waals surface area contributed by atoms with Crippen LogP contribution in [-0.4, -0.2) is 41.9 Å². The van der Waals surface area contributed by atoms with Crippen LogP contribution in [-0.2, 0) is 15.6 Å². The summed E-state index contributed by atoms with van der Waals surface area (Å²) in [5, 5.41) is 7.24. The molecule has 2 aromatic rings. The van der Waals surface area contributed by atoms with E-state index in [1.807, 2.05) is 6.92 Å². The number of sulfonamides is 1. The maximum Gasteiger partial charge on any atom is 0.252 e. The van der Waals surface area contributed by atoms with E-state index in [1.165, 1.54) is 10.4 Å². The lowest BCUT2D eigenvalue weighted by molar-refractivity contribution is 0.0854. The molecule has 9 heteroatoms. The van der Waals surface area contributed by atoms with Crippen molar-refractivity contribution in [2.75, 3.05) is 13.1 Å². The monoisotopic (exact) mass is 446 g/mol. The summed E-state index contributed by atoms with van der Waals surface area (Å²) in [6.07, 6.45) is 7.23. The van der Waals surface area contributed by atoms with E-state index in [-0.39, 0.29) is 10.8 Å². The molecule has 1 aliphatic heterocycles. The Morgan fingerprint density at radius 1 is 1.06 bits per heavy atom. The van der Waals surface area contributed by atoms with Gasteiger partial charge in [-0.2, -0.15) is 9.29 Å². The van der Waals surface area contributed by atoms with Crippen molar-refractivity contribution in [1.82, 2.24) is 19.8 Å². The minimum atomic E-state index is -3.62. The van der Waals surface area contributed by atoms with Crippen LogP contribution in [0, 0.1) is 13.8 Å². The number of hydrogen-bond donors (Lipinski definition) is 1. The van der Waals surface area contributed by atoms with Gasteiger partial charge in [-0.25, -0.2) is 8.42 Å². The van der Waals surface area contributed by atoms with Gasteiger partial charge in [0.05, 0.1) is 4.90 Å². The Labute approximate surface area is 183 Å². The summed E-state index contributed by atoms with van der Waals surface area (Å²) in [6, 6.07) is 4.80. The highest BCUT2D eigenvalue weighted by Crippen LogP contribution is 2.36. The van der Waals surface area contributed by atoms with Gasteiger partial charge in [-0.1, -0.05) is 36.9 Å². The standard InChI is InChI=1S/C22H30N4O4S/c1-16-9-10-18(31(28,29)26-13-7-4-8-14-26)15-19(16)20(27)24-22(11-5-3-6-12-22)21-23-17(2)30-25-21/h9-10,15H,3-8,11-14H2,1-2H3,(H,24,27). The maximum absolute atomic E-state index is 13.4. The Hall–Kier alpha value is -2.26. The van der Waals surface area contributed by atoms with Gasteiger partial charge in [-0.15, -0.1) is 0 Å². The fraction of sp³-hybridized carbons (Fsp3) is 0.591. The topological polar surface area (TPSA) is 105 Å². The molecule has 2 aliphatic rings. The second-order valence-electron chi connectivity index (χ2n) is 8.68. The molecule has 0 atom stereocenters. The number of carbonyl (C=O) groups excluding carboxylic acids is 1. The Kier molecular flexibility index (Phi) is 6.16. The minimum Gasteiger partial charge on any atom is -0.340 e. The van der Waals surface area contributed by atoms with Gasteiger partial charge >= 0.3 is 0 Å². The van der Waals surface area contributed by atoms with E-state index in [9.17, 15) is 13.2 Å². The first kappa shape index (κ1) is 22.0. The number of hydrogen-bond acceptors (Lipinski definition) is 6. The van der Waals surface area contributed by atoms with Gasteiger partial charge in [-0.05, 0) is 50.3 Å². The fourth-order valence-electron chi connectivity index (χ4n) is 4.60. The number of piperidine rings is 1. The molecule has 1 saturated carbocycles. The molecule has 1 saturated heterocycles. The number of nitrogens with one attached hydrogen (secondary N) is 1. The predicted molar refractivity (Wildman–Crippen MR) is 115 cm³/mol. The second kappa shape index (κ2) is 8.70. The largest absolute Gasteiger partial charge is 0.340 e. The normalized spacial score (nSPS) is 19.8. The quantitative estimate of drug-likeness (QED) is 0.754. The lowest BCUT2D eigenvalue weighted by atomic mass is 9.80. The Bertz CT molecular complexity index is 1050. The SMILES string of the molecule is Cc1nc(C2(NC(=O)c3cc(S(=O)(=O)N4CCCCC4)ccc3C)CCCCC2)no1. The molecule has 2 heterocycles. The number of benzene rings is 1. The summed E-state index contributed by atoms with van der Waals surface area (Å²) in [5.41, 5.74) is 0.398. The average molecular weight is 447 g/mol. The summed E-state index contributed by atoms with van der Waals surface area (Å²) in [5.74, 6) is 0.644. The van der Waals surface area contributed by atoms with E-state index in [1.54, 1.807) is 19.1 Å². The number of amides is 1. The molecule has 0 radical (unpaired) electrons. The molecule has 4 rings (SSSR count). The van der Waals surface area contributed by atoms with Gasteiger partial charge in [0.15, 0.2) is 5.82 Å². The predicted octanol–water partition coefficient (Wildman–Crippen LogP) is 3.45. The molecule has 1 aliphatic carbocycles. The van der Waals surface area contributed by atoms with Crippen LogP contribution in [0.2, 0.25) is 0 Å². The van der Waals surface area contributed by atoms with Crippen LogP contribution < -0.4 is 5.32 Å². The van der Waals surface area contributed by atoms with Crippen molar-refractivity contribution in [3.05, 3.63) is 41.0 Å². The molecular weight excluding hydrogens is 416 g/mol. The molecule has 31 heavy (non-hydrogen) atoms. The van der Waals surface area contributed by atoms with Crippen molar-refractivity contribution in [2.45, 2.75) is 75.6 Å². The Morgan fingerprint density at radius 3 is 2.39 bits per heavy atom. The first-order valence-electron chi connectivity index (χ1n) is 11.1. The molecule has 1 aromatic carbocycles. The molecule has 1 aromatic heterocycles. The van der Waals surface area contributed by atoms with Gasteiger partial charge in [0.25, 0.3) is 5.91 Å². The van der Waals surface area contributed by atoms with Crippen LogP contribution in [0.3, 0.4) is 0 Å². The maximum atomic E-state index is 13.4. The van der Waals surface area contributed by atoms with Gasteiger partial charge < -0.3 is 9.84 Å². The zero-order valence-corrected chi connectivity index (χ0v) is 19.0. The smallest absolute Gasteiger partial charge is 0.252 e. The van der Waals surface area contributed by atoms with E-state index in [0.717, 1.165) is 56.9 Å². The van der Waals surface area contributed by atoms with Gasteiger partial charge in [-0.3, -0.25) is 4.79 Å². The molecule has 168 valence electrons. The van der Waals surface area contributed by atoms with Crippen LogP contribution in [0.25, 0.3) is 0 Å². The number of rotatable bonds is 5. The number of aryl methyl sites for hydroxylation is 2. The van der Waals surface area contributed by atoms with E-state index >= 15 is 0 Å². The third kappa shape index (κ3) is 4.39. The zero-order valence-electron chi connectivity index (χ0n) is 18.2. The summed E-state index contributed by atoms with van der Waals surface area (Å²) >= 11 is 0. The van der Waals surface area contributed by atoms with Crippen molar-refractivity contribution in [1.29, 1.82) is 0 Å². The molecule has 0 bridgehead atoms. The van der Waals surface area contributed by atoms with E-state index in [4.69, 9.17) is 4.52 Å². The van der Waals surface area contributed by atoms with Crippen molar-refractivity contribution < 1.29 is 17.7 Å². The molecule has 0 unspecified atom stereocenters. The average Bonchev–Trinajstić information content (AvgIpc) is 3.22. The van der Waals surface area contributed by atoms with Gasteiger partial charge in [0.1, 0.15) is 5.54 Å². The highest BCUT2D eigenvalue weighted by Gasteiger charge is 2.40. The number of aromatic nitrogens is 2. The summed E-state index contributed by atoms with van der Waals surface area (Å²) < 4.78 is 32.9. The van der Waals surface area contributed by atoms with E-state index in [0.29, 0.717) is 30.4 Å². The zero-order chi connectivity index (χ0) is 22.1. The molecular formula is C22H30N4O4S. The highest BCUT2D eigenvalue weighted by molar-refractivity contribution is 7.89. The first-order valence-corrected chi connectivity index (χ1v) is 12.5. The Morgan fingerprint density at radius 2 is 1.74 bits per heavy atom. The third-order valence-corrected chi connectivity index (χ3v) is 8.32. The van der Waals surface area contributed by atoms with Crippen molar-refractivity contribution in [3.8, 4) is 0 Å². The van der Waals surface area contributed by atoms with E-state index < -0.39 is 15.6 Å². The second-order valence-corrected chi connectivity index (χ2v) is 10.6. The van der Waals surface area contributed by atoms with E-state index in [2.05, 4.69) is 15.5 Å². The minimum absolute atomic E-state index is 0.165. The molecule has 8 nitrogen and oxygen atoms in total. The van der Waals surface area contributed by atoms with Gasteiger partial charge in [0.2, 0.25) is 15.9 Å². The lowest BCUT2D eigenvalue weighted by Gasteiger charge is -2.35. The molecule has 2 fully saturated rings. The summed E-state index contributed by atoms with van der Waals surface area (Å²) in [7, 11) is -3.62. The van der Waals surface area contributed by atoms with Crippen LogP contribution in [0.5, 0.6) is 0 Å². The third-order valence-electron chi connectivity index (χ3n) is 6.42. The van der Waals surface area contributed by atoms with Crippen LogP contribution >= 0.6 is 0 Å². The van der Waals surface area contributed by atoms with Gasteiger partial charge in [0, 0.05) is 25.6 Å². The number of carbonyl (C=O) groups is 1. The molecule has 1 amide bonds. The fourth-order valence-corrected chi connectivity index (χ4v) is 6.14. The van der Waals surface area contributed by atoms with Crippen molar-refractivity contribution >= 4 is 15.9 Å². The summed E-state index contributed by atoms with van der Waals surface area (Å²) in [6.45, 7) is 4.60. The van der Waals surface area contributed by atoms with Crippen molar-refractivity contribution in [2.24, 2.45) is 0 Å². The lowest BCUT2D eigenvalue weighted by Crippen LogP contribution is -2.48. The molecule has 0 spiro atoms. The summed E-state index contributed by atoms with van der Waals surface area (Å²) in [4.78, 5) is 17.9. The Balaban J connectivity index is 1.64. The van der Waals surface area contributed by atoms with Crippen LogP contribution in [0.4, 0.5) is 0 Å². The number of nitrogens with zero attached hydrogens (tertiary/aromatic N) is 3. The van der Waals surface area contributed by atoms with Crippen LogP contribution in [0.15, 0.2) is 27.6 Å². The molecule has 1 N–H and O–H groups in total. The highest BCUT2D eigenvalue weighted by atomic mass is 32.2. The van der Waals surface area contributed by atoms with Crippen molar-refractivity contribution in [3.63, 3.8) is 0 Å². The first-order chi connectivity index (χ1) is 14.8. The van der Waals surface area contributed by atoms with Crippen LogP contribution in [0.1, 0.15) is 79.0 Å².